The van der Waals surface area contributed by atoms with Crippen molar-refractivity contribution >= 4 is 21.9 Å². The van der Waals surface area contributed by atoms with Gasteiger partial charge in [-0.1, -0.05) is 6.92 Å². The Morgan fingerprint density at radius 1 is 1.60 bits per heavy atom. The summed E-state index contributed by atoms with van der Waals surface area (Å²) in [5.41, 5.74) is 1.79. The topological polar surface area (TPSA) is 50.1 Å². The Labute approximate surface area is 96.8 Å². The van der Waals surface area contributed by atoms with Crippen molar-refractivity contribution in [2.75, 3.05) is 7.11 Å². The predicted octanol–water partition coefficient (Wildman–Crippen LogP) is 2.67. The second-order valence-corrected chi connectivity index (χ2v) is 3.75. The molecule has 0 saturated carbocycles. The van der Waals surface area contributed by atoms with Gasteiger partial charge in [-0.25, -0.2) is 4.79 Å². The molecule has 1 aromatic carbocycles. The Morgan fingerprint density at radius 3 is 2.73 bits per heavy atom. The van der Waals surface area contributed by atoms with Crippen LogP contribution in [0.5, 0.6) is 0 Å². The normalized spacial score (nSPS) is 9.47. The van der Waals surface area contributed by atoms with Crippen molar-refractivity contribution in [3.8, 4) is 6.07 Å². The number of hydrogen-bond donors (Lipinski definition) is 0. The first-order valence-electron chi connectivity index (χ1n) is 4.44. The molecule has 0 aliphatic rings. The summed E-state index contributed by atoms with van der Waals surface area (Å²) in [6.07, 6.45) is 0.770. The largest absolute Gasteiger partial charge is 0.465 e. The van der Waals surface area contributed by atoms with E-state index in [1.807, 2.05) is 13.0 Å². The molecule has 3 nitrogen and oxygen atoms in total. The minimum atomic E-state index is -0.436. The lowest BCUT2D eigenvalue weighted by molar-refractivity contribution is 0.0599. The van der Waals surface area contributed by atoms with E-state index < -0.39 is 5.97 Å². The molecule has 0 aliphatic heterocycles. The van der Waals surface area contributed by atoms with Crippen LogP contribution < -0.4 is 0 Å². The van der Waals surface area contributed by atoms with Gasteiger partial charge in [0.15, 0.2) is 0 Å². The standard InChI is InChI=1S/C11H10BrNO2/c1-3-7-4-8(6-13)10(12)9(5-7)11(14)15-2/h4-5H,3H2,1-2H3. The third kappa shape index (κ3) is 2.37. The molecule has 0 amide bonds. The van der Waals surface area contributed by atoms with Crippen LogP contribution in [0.1, 0.15) is 28.4 Å². The van der Waals surface area contributed by atoms with Gasteiger partial charge in [0.2, 0.25) is 0 Å². The zero-order valence-electron chi connectivity index (χ0n) is 8.50. The number of benzene rings is 1. The zero-order valence-corrected chi connectivity index (χ0v) is 10.1. The molecule has 0 spiro atoms. The molecule has 0 saturated heterocycles. The third-order valence-electron chi connectivity index (χ3n) is 2.07. The highest BCUT2D eigenvalue weighted by molar-refractivity contribution is 9.10. The summed E-state index contributed by atoms with van der Waals surface area (Å²) in [5.74, 6) is -0.436. The van der Waals surface area contributed by atoms with E-state index >= 15 is 0 Å². The van der Waals surface area contributed by atoms with Gasteiger partial charge in [-0.2, -0.15) is 5.26 Å². The highest BCUT2D eigenvalue weighted by Gasteiger charge is 2.14. The fraction of sp³-hybridized carbons (Fsp3) is 0.273. The number of hydrogen-bond acceptors (Lipinski definition) is 3. The van der Waals surface area contributed by atoms with E-state index in [0.29, 0.717) is 15.6 Å². The van der Waals surface area contributed by atoms with Crippen molar-refractivity contribution < 1.29 is 9.53 Å². The monoisotopic (exact) mass is 267 g/mol. The van der Waals surface area contributed by atoms with Gasteiger partial charge in [-0.15, -0.1) is 0 Å². The molecule has 0 heterocycles. The number of ether oxygens (including phenoxy) is 1. The highest BCUT2D eigenvalue weighted by Crippen LogP contribution is 2.24. The number of aryl methyl sites for hydroxylation is 1. The van der Waals surface area contributed by atoms with Crippen molar-refractivity contribution in [3.63, 3.8) is 0 Å². The average molecular weight is 268 g/mol. The van der Waals surface area contributed by atoms with Crippen molar-refractivity contribution in [3.05, 3.63) is 33.3 Å². The number of nitriles is 1. The molecule has 0 aromatic heterocycles. The molecule has 1 aromatic rings. The second-order valence-electron chi connectivity index (χ2n) is 2.96. The molecule has 1 rings (SSSR count). The molecule has 0 atom stereocenters. The van der Waals surface area contributed by atoms with Crippen LogP contribution in [0.4, 0.5) is 0 Å². The third-order valence-corrected chi connectivity index (χ3v) is 2.92. The van der Waals surface area contributed by atoms with Gasteiger partial charge in [0, 0.05) is 4.47 Å². The molecular weight excluding hydrogens is 258 g/mol. The van der Waals surface area contributed by atoms with Crippen LogP contribution in [0.15, 0.2) is 16.6 Å². The van der Waals surface area contributed by atoms with Crippen LogP contribution in [-0.2, 0) is 11.2 Å². The Kier molecular flexibility index (Phi) is 3.87. The molecule has 78 valence electrons. The average Bonchev–Trinajstić information content (AvgIpc) is 2.28. The SMILES string of the molecule is CCc1cc(C#N)c(Br)c(C(=O)OC)c1. The van der Waals surface area contributed by atoms with E-state index in [4.69, 9.17) is 5.26 Å². The summed E-state index contributed by atoms with van der Waals surface area (Å²) in [6, 6.07) is 5.53. The summed E-state index contributed by atoms with van der Waals surface area (Å²) in [4.78, 5) is 11.4. The number of esters is 1. The lowest BCUT2D eigenvalue weighted by Crippen LogP contribution is -2.04. The van der Waals surface area contributed by atoms with Crippen LogP contribution in [0, 0.1) is 11.3 Å². The molecule has 0 N–H and O–H groups in total. The van der Waals surface area contributed by atoms with E-state index in [1.165, 1.54) is 7.11 Å². The van der Waals surface area contributed by atoms with Gasteiger partial charge in [0.1, 0.15) is 6.07 Å². The summed E-state index contributed by atoms with van der Waals surface area (Å²) in [7, 11) is 1.32. The first-order valence-corrected chi connectivity index (χ1v) is 5.24. The maximum absolute atomic E-state index is 11.4. The smallest absolute Gasteiger partial charge is 0.339 e. The van der Waals surface area contributed by atoms with Gasteiger partial charge >= 0.3 is 5.97 Å². The summed E-state index contributed by atoms with van der Waals surface area (Å²) in [5, 5.41) is 8.89. The van der Waals surface area contributed by atoms with Crippen molar-refractivity contribution in [1.29, 1.82) is 5.26 Å². The number of methoxy groups -OCH3 is 1. The lowest BCUT2D eigenvalue weighted by Gasteiger charge is -2.06. The Morgan fingerprint density at radius 2 is 2.27 bits per heavy atom. The van der Waals surface area contributed by atoms with Crippen LogP contribution in [0.2, 0.25) is 0 Å². The van der Waals surface area contributed by atoms with Crippen molar-refractivity contribution in [2.24, 2.45) is 0 Å². The molecule has 15 heavy (non-hydrogen) atoms. The fourth-order valence-corrected chi connectivity index (χ4v) is 1.71. The molecule has 0 bridgehead atoms. The Hall–Kier alpha value is -1.34. The number of carbonyl (C=O) groups excluding carboxylic acids is 1. The number of nitrogens with zero attached hydrogens (tertiary/aromatic N) is 1. The van der Waals surface area contributed by atoms with Crippen LogP contribution in [-0.4, -0.2) is 13.1 Å². The Bertz CT molecular complexity index is 435. The van der Waals surface area contributed by atoms with Crippen molar-refractivity contribution in [1.82, 2.24) is 0 Å². The maximum atomic E-state index is 11.4. The Balaban J connectivity index is 3.38. The predicted molar refractivity (Wildman–Crippen MR) is 59.6 cm³/mol. The molecule has 0 radical (unpaired) electrons. The van der Waals surface area contributed by atoms with Gasteiger partial charge in [-0.05, 0) is 40.0 Å². The molecule has 0 unspecified atom stereocenters. The first-order chi connectivity index (χ1) is 7.13. The minimum Gasteiger partial charge on any atom is -0.465 e. The maximum Gasteiger partial charge on any atom is 0.339 e. The molecular formula is C11H10BrNO2. The summed E-state index contributed by atoms with van der Waals surface area (Å²) >= 11 is 3.22. The number of halogens is 1. The van der Waals surface area contributed by atoms with Crippen molar-refractivity contribution in [2.45, 2.75) is 13.3 Å². The lowest BCUT2D eigenvalue weighted by atomic mass is 10.0. The molecule has 4 heteroatoms. The number of carbonyl (C=O) groups is 1. The van der Waals surface area contributed by atoms with E-state index in [2.05, 4.69) is 20.7 Å². The molecule has 0 aliphatic carbocycles. The van der Waals surface area contributed by atoms with Crippen LogP contribution in [0.3, 0.4) is 0 Å². The minimum absolute atomic E-state index is 0.397. The molecule has 0 fully saturated rings. The van der Waals surface area contributed by atoms with Crippen LogP contribution >= 0.6 is 15.9 Å². The summed E-state index contributed by atoms with van der Waals surface area (Å²) < 4.78 is 5.13. The first kappa shape index (κ1) is 11.7. The fourth-order valence-electron chi connectivity index (χ4n) is 1.23. The summed E-state index contributed by atoms with van der Waals surface area (Å²) in [6.45, 7) is 1.96. The second kappa shape index (κ2) is 4.94. The van der Waals surface area contributed by atoms with Gasteiger partial charge in [-0.3, -0.25) is 0 Å². The zero-order chi connectivity index (χ0) is 11.4. The van der Waals surface area contributed by atoms with Gasteiger partial charge in [0.25, 0.3) is 0 Å². The van der Waals surface area contributed by atoms with E-state index in [1.54, 1.807) is 12.1 Å². The van der Waals surface area contributed by atoms with E-state index in [0.717, 1.165) is 12.0 Å². The van der Waals surface area contributed by atoms with Gasteiger partial charge < -0.3 is 4.74 Å². The van der Waals surface area contributed by atoms with Crippen LogP contribution in [0.25, 0.3) is 0 Å². The van der Waals surface area contributed by atoms with E-state index in [9.17, 15) is 4.79 Å². The highest BCUT2D eigenvalue weighted by atomic mass is 79.9. The quantitative estimate of drug-likeness (QED) is 0.775. The van der Waals surface area contributed by atoms with E-state index in [-0.39, 0.29) is 0 Å². The van der Waals surface area contributed by atoms with Gasteiger partial charge in [0.05, 0.1) is 18.2 Å². The number of rotatable bonds is 2.